The average molecular weight is 393 g/mol. The molecule has 1 amide bonds. The number of aliphatic hydroxyl groups excluding tert-OH is 1. The van der Waals surface area contributed by atoms with Crippen LogP contribution >= 0.6 is 0 Å². The van der Waals surface area contributed by atoms with Crippen LogP contribution in [-0.2, 0) is 0 Å². The van der Waals surface area contributed by atoms with Gasteiger partial charge < -0.3 is 24.6 Å². The Morgan fingerprint density at radius 1 is 0.897 bits per heavy atom. The van der Waals surface area contributed by atoms with E-state index in [0.29, 0.717) is 34.1 Å². The van der Waals surface area contributed by atoms with Gasteiger partial charge in [0, 0.05) is 12.1 Å². The molecule has 29 heavy (non-hydrogen) atoms. The molecule has 0 aliphatic carbocycles. The summed E-state index contributed by atoms with van der Waals surface area (Å²) in [6.07, 6.45) is -0.966. The van der Waals surface area contributed by atoms with Crippen LogP contribution in [0.2, 0.25) is 0 Å². The molecule has 3 rings (SSSR count). The van der Waals surface area contributed by atoms with E-state index in [1.54, 1.807) is 49.6 Å². The van der Waals surface area contributed by atoms with Crippen molar-refractivity contribution in [3.63, 3.8) is 0 Å². The van der Waals surface area contributed by atoms with Crippen molar-refractivity contribution in [2.24, 2.45) is 0 Å². The quantitative estimate of drug-likeness (QED) is 0.606. The van der Waals surface area contributed by atoms with Gasteiger partial charge in [-0.05, 0) is 42.5 Å². The number of nitrogens with one attached hydrogen (secondary N) is 1. The molecule has 6 nitrogen and oxygen atoms in total. The van der Waals surface area contributed by atoms with Crippen LogP contribution in [0.3, 0.4) is 0 Å². The molecular weight excluding hydrogens is 370 g/mol. The van der Waals surface area contributed by atoms with E-state index in [-0.39, 0.29) is 12.5 Å². The van der Waals surface area contributed by atoms with Crippen LogP contribution in [0, 0.1) is 0 Å². The van der Waals surface area contributed by atoms with E-state index in [9.17, 15) is 9.90 Å². The fraction of sp³-hybridized carbons (Fsp3) is 0.174. The zero-order valence-corrected chi connectivity index (χ0v) is 16.3. The number of carbonyl (C=O) groups excluding carboxylic acids is 1. The van der Waals surface area contributed by atoms with E-state index in [4.69, 9.17) is 14.2 Å². The summed E-state index contributed by atoms with van der Waals surface area (Å²) in [5, 5.41) is 13.3. The number of benzene rings is 3. The third-order valence-electron chi connectivity index (χ3n) is 4.35. The predicted octanol–water partition coefficient (Wildman–Crippen LogP) is 3.96. The molecule has 3 aromatic carbocycles. The monoisotopic (exact) mass is 393 g/mol. The molecule has 0 saturated heterocycles. The molecule has 1 atom stereocenters. The average Bonchev–Trinajstić information content (AvgIpc) is 2.77. The van der Waals surface area contributed by atoms with Crippen LogP contribution in [0.25, 0.3) is 0 Å². The first kappa shape index (κ1) is 20.2. The molecule has 0 spiro atoms. The molecule has 0 heterocycles. The number of hydrogen-bond acceptors (Lipinski definition) is 5. The van der Waals surface area contributed by atoms with Gasteiger partial charge in [-0.15, -0.1) is 0 Å². The van der Waals surface area contributed by atoms with Gasteiger partial charge in [-0.2, -0.15) is 0 Å². The van der Waals surface area contributed by atoms with E-state index in [2.05, 4.69) is 5.32 Å². The second-order valence-corrected chi connectivity index (χ2v) is 6.24. The standard InChI is InChI=1S/C23H23NO5/c1-27-17-12-13-21(28-2)19(14-17)20(25)15-24-23(26)18-10-6-7-11-22(18)29-16-8-4-3-5-9-16/h3-14,20,25H,15H2,1-2H3,(H,24,26). The molecule has 0 radical (unpaired) electrons. The second kappa shape index (κ2) is 9.61. The first-order chi connectivity index (χ1) is 14.1. The predicted molar refractivity (Wildman–Crippen MR) is 110 cm³/mol. The number of amides is 1. The summed E-state index contributed by atoms with van der Waals surface area (Å²) in [5.74, 6) is 1.82. The third kappa shape index (κ3) is 5.06. The van der Waals surface area contributed by atoms with Gasteiger partial charge in [0.05, 0.1) is 19.8 Å². The lowest BCUT2D eigenvalue weighted by molar-refractivity contribution is 0.0912. The van der Waals surface area contributed by atoms with Crippen LogP contribution in [0.5, 0.6) is 23.0 Å². The van der Waals surface area contributed by atoms with Crippen LogP contribution in [-0.4, -0.2) is 31.8 Å². The van der Waals surface area contributed by atoms with Crippen LogP contribution < -0.4 is 19.5 Å². The van der Waals surface area contributed by atoms with Gasteiger partial charge in [-0.3, -0.25) is 4.79 Å². The van der Waals surface area contributed by atoms with Gasteiger partial charge in [0.15, 0.2) is 0 Å². The first-order valence-corrected chi connectivity index (χ1v) is 9.12. The zero-order chi connectivity index (χ0) is 20.6. The number of para-hydroxylation sites is 2. The Morgan fingerprint density at radius 3 is 2.34 bits per heavy atom. The zero-order valence-electron chi connectivity index (χ0n) is 16.3. The highest BCUT2D eigenvalue weighted by Crippen LogP contribution is 2.29. The summed E-state index contributed by atoms with van der Waals surface area (Å²) < 4.78 is 16.3. The highest BCUT2D eigenvalue weighted by atomic mass is 16.5. The molecule has 6 heteroatoms. The summed E-state index contributed by atoms with van der Waals surface area (Å²) in [6, 6.07) is 21.3. The minimum atomic E-state index is -0.966. The molecule has 150 valence electrons. The molecule has 0 aliphatic heterocycles. The Bertz CT molecular complexity index is 958. The van der Waals surface area contributed by atoms with Crippen molar-refractivity contribution in [2.45, 2.75) is 6.10 Å². The van der Waals surface area contributed by atoms with Gasteiger partial charge in [0.2, 0.25) is 0 Å². The largest absolute Gasteiger partial charge is 0.497 e. The van der Waals surface area contributed by atoms with Crippen molar-refractivity contribution in [1.29, 1.82) is 0 Å². The number of ether oxygens (including phenoxy) is 3. The van der Waals surface area contributed by atoms with Gasteiger partial charge >= 0.3 is 0 Å². The molecule has 0 saturated carbocycles. The Hall–Kier alpha value is -3.51. The van der Waals surface area contributed by atoms with E-state index >= 15 is 0 Å². The van der Waals surface area contributed by atoms with Gasteiger partial charge in [-0.1, -0.05) is 30.3 Å². The van der Waals surface area contributed by atoms with Gasteiger partial charge in [0.25, 0.3) is 5.91 Å². The lowest BCUT2D eigenvalue weighted by atomic mass is 10.1. The van der Waals surface area contributed by atoms with Crippen molar-refractivity contribution in [2.75, 3.05) is 20.8 Å². The Morgan fingerprint density at radius 2 is 1.62 bits per heavy atom. The molecule has 2 N–H and O–H groups in total. The molecule has 0 aromatic heterocycles. The Balaban J connectivity index is 1.72. The lowest BCUT2D eigenvalue weighted by Crippen LogP contribution is -2.28. The number of rotatable bonds is 8. The van der Waals surface area contributed by atoms with Crippen molar-refractivity contribution in [3.8, 4) is 23.0 Å². The first-order valence-electron chi connectivity index (χ1n) is 9.12. The number of hydrogen-bond donors (Lipinski definition) is 2. The van der Waals surface area contributed by atoms with Crippen molar-refractivity contribution in [3.05, 3.63) is 83.9 Å². The number of carbonyl (C=O) groups is 1. The van der Waals surface area contributed by atoms with E-state index < -0.39 is 6.10 Å². The SMILES string of the molecule is COc1ccc(OC)c(C(O)CNC(=O)c2ccccc2Oc2ccccc2)c1. The normalized spacial score (nSPS) is 11.4. The molecule has 0 fully saturated rings. The van der Waals surface area contributed by atoms with Crippen molar-refractivity contribution >= 4 is 5.91 Å². The fourth-order valence-corrected chi connectivity index (χ4v) is 2.85. The Labute approximate surface area is 169 Å². The third-order valence-corrected chi connectivity index (χ3v) is 4.35. The molecular formula is C23H23NO5. The van der Waals surface area contributed by atoms with Gasteiger partial charge in [-0.25, -0.2) is 0 Å². The maximum atomic E-state index is 12.7. The van der Waals surface area contributed by atoms with Crippen LogP contribution in [0.4, 0.5) is 0 Å². The van der Waals surface area contributed by atoms with E-state index in [1.165, 1.54) is 7.11 Å². The topological polar surface area (TPSA) is 77.0 Å². The maximum Gasteiger partial charge on any atom is 0.255 e. The van der Waals surface area contributed by atoms with Crippen LogP contribution in [0.1, 0.15) is 22.0 Å². The van der Waals surface area contributed by atoms with E-state index in [1.807, 2.05) is 30.3 Å². The molecule has 0 bridgehead atoms. The van der Waals surface area contributed by atoms with Gasteiger partial charge in [0.1, 0.15) is 29.1 Å². The highest BCUT2D eigenvalue weighted by Gasteiger charge is 2.18. The molecule has 3 aromatic rings. The minimum absolute atomic E-state index is 0.00202. The highest BCUT2D eigenvalue weighted by molar-refractivity contribution is 5.97. The Kier molecular flexibility index (Phi) is 6.71. The maximum absolute atomic E-state index is 12.7. The lowest BCUT2D eigenvalue weighted by Gasteiger charge is -2.17. The van der Waals surface area contributed by atoms with Crippen molar-refractivity contribution in [1.82, 2.24) is 5.32 Å². The molecule has 0 aliphatic rings. The smallest absolute Gasteiger partial charge is 0.255 e. The summed E-state index contributed by atoms with van der Waals surface area (Å²) in [4.78, 5) is 12.7. The van der Waals surface area contributed by atoms with Crippen LogP contribution in [0.15, 0.2) is 72.8 Å². The summed E-state index contributed by atoms with van der Waals surface area (Å²) in [5.41, 5.74) is 0.905. The number of aliphatic hydroxyl groups is 1. The summed E-state index contributed by atoms with van der Waals surface area (Å²) >= 11 is 0. The fourth-order valence-electron chi connectivity index (χ4n) is 2.85. The van der Waals surface area contributed by atoms with Crippen molar-refractivity contribution < 1.29 is 24.1 Å². The summed E-state index contributed by atoms with van der Waals surface area (Å²) in [6.45, 7) is 0.00202. The number of methoxy groups -OCH3 is 2. The minimum Gasteiger partial charge on any atom is -0.497 e. The van der Waals surface area contributed by atoms with E-state index in [0.717, 1.165) is 0 Å². The molecule has 1 unspecified atom stereocenters. The second-order valence-electron chi connectivity index (χ2n) is 6.24. The summed E-state index contributed by atoms with van der Waals surface area (Å²) in [7, 11) is 3.07.